The van der Waals surface area contributed by atoms with Crippen molar-refractivity contribution >= 4 is 29.6 Å². The SMILES string of the molecule is CCc1ccc(-c2nc3cc(C(N)=O)ccc3[nH]2)c(OC)c1S. The lowest BCUT2D eigenvalue weighted by molar-refractivity contribution is 0.100. The van der Waals surface area contributed by atoms with Gasteiger partial charge in [-0.1, -0.05) is 13.0 Å². The number of aromatic amines is 1. The normalized spacial score (nSPS) is 10.9. The molecule has 3 N–H and O–H groups in total. The highest BCUT2D eigenvalue weighted by Gasteiger charge is 2.16. The van der Waals surface area contributed by atoms with Gasteiger partial charge in [-0.05, 0) is 36.2 Å². The number of nitrogens with zero attached hydrogens (tertiary/aromatic N) is 1. The Hall–Kier alpha value is -2.47. The summed E-state index contributed by atoms with van der Waals surface area (Å²) < 4.78 is 5.52. The molecule has 0 saturated carbocycles. The van der Waals surface area contributed by atoms with Crippen molar-refractivity contribution in [1.29, 1.82) is 0 Å². The smallest absolute Gasteiger partial charge is 0.248 e. The maximum Gasteiger partial charge on any atom is 0.248 e. The highest BCUT2D eigenvalue weighted by Crippen LogP contribution is 2.37. The van der Waals surface area contributed by atoms with E-state index in [1.807, 2.05) is 12.1 Å². The fourth-order valence-corrected chi connectivity index (χ4v) is 3.02. The van der Waals surface area contributed by atoms with Crippen LogP contribution in [0.1, 0.15) is 22.8 Å². The van der Waals surface area contributed by atoms with Crippen LogP contribution < -0.4 is 10.5 Å². The molecule has 0 saturated heterocycles. The lowest BCUT2D eigenvalue weighted by atomic mass is 10.1. The predicted molar refractivity (Wildman–Crippen MR) is 93.2 cm³/mol. The molecule has 0 atom stereocenters. The molecule has 5 nitrogen and oxygen atoms in total. The van der Waals surface area contributed by atoms with Crippen molar-refractivity contribution in [2.75, 3.05) is 7.11 Å². The molecule has 0 aliphatic carbocycles. The van der Waals surface area contributed by atoms with Crippen LogP contribution in [0.25, 0.3) is 22.4 Å². The molecule has 0 radical (unpaired) electrons. The molecule has 1 aromatic heterocycles. The van der Waals surface area contributed by atoms with Crippen molar-refractivity contribution < 1.29 is 9.53 Å². The van der Waals surface area contributed by atoms with Gasteiger partial charge in [0.25, 0.3) is 0 Å². The number of carbonyl (C=O) groups is 1. The Labute approximate surface area is 139 Å². The number of rotatable bonds is 4. The zero-order valence-electron chi connectivity index (χ0n) is 12.9. The zero-order chi connectivity index (χ0) is 16.6. The van der Waals surface area contributed by atoms with Gasteiger partial charge in [-0.2, -0.15) is 0 Å². The van der Waals surface area contributed by atoms with Crippen LogP contribution in [0.3, 0.4) is 0 Å². The van der Waals surface area contributed by atoms with Crippen LogP contribution in [-0.4, -0.2) is 23.0 Å². The Morgan fingerprint density at radius 1 is 1.35 bits per heavy atom. The van der Waals surface area contributed by atoms with Crippen molar-refractivity contribution in [2.45, 2.75) is 18.2 Å². The average Bonchev–Trinajstić information content (AvgIpc) is 2.97. The van der Waals surface area contributed by atoms with Crippen molar-refractivity contribution in [3.63, 3.8) is 0 Å². The number of aromatic nitrogens is 2. The van der Waals surface area contributed by atoms with E-state index in [-0.39, 0.29) is 0 Å². The minimum atomic E-state index is -0.473. The number of thiol groups is 1. The van der Waals surface area contributed by atoms with E-state index in [0.717, 1.165) is 28.0 Å². The lowest BCUT2D eigenvalue weighted by Gasteiger charge is -2.12. The third-order valence-electron chi connectivity index (χ3n) is 3.82. The van der Waals surface area contributed by atoms with E-state index >= 15 is 0 Å². The minimum Gasteiger partial charge on any atom is -0.495 e. The molecule has 3 rings (SSSR count). The molecular weight excluding hydrogens is 310 g/mol. The highest BCUT2D eigenvalue weighted by molar-refractivity contribution is 7.80. The first kappa shape index (κ1) is 15.4. The number of H-pyrrole nitrogens is 1. The fraction of sp³-hybridized carbons (Fsp3) is 0.176. The number of imidazole rings is 1. The summed E-state index contributed by atoms with van der Waals surface area (Å²) in [4.78, 5) is 19.9. The molecule has 118 valence electrons. The van der Waals surface area contributed by atoms with Crippen LogP contribution >= 0.6 is 12.6 Å². The van der Waals surface area contributed by atoms with Gasteiger partial charge in [0.15, 0.2) is 0 Å². The van der Waals surface area contributed by atoms with E-state index in [0.29, 0.717) is 22.7 Å². The molecule has 6 heteroatoms. The first-order chi connectivity index (χ1) is 11.0. The molecule has 0 aliphatic heterocycles. The third-order valence-corrected chi connectivity index (χ3v) is 4.31. The summed E-state index contributed by atoms with van der Waals surface area (Å²) in [6.07, 6.45) is 0.873. The number of methoxy groups -OCH3 is 1. The van der Waals surface area contributed by atoms with Gasteiger partial charge in [0.1, 0.15) is 11.6 Å². The highest BCUT2D eigenvalue weighted by atomic mass is 32.1. The topological polar surface area (TPSA) is 81.0 Å². The van der Waals surface area contributed by atoms with Gasteiger partial charge in [0.05, 0.1) is 28.6 Å². The molecule has 0 spiro atoms. The second-order valence-corrected chi connectivity index (χ2v) is 5.64. The maximum atomic E-state index is 11.3. The zero-order valence-corrected chi connectivity index (χ0v) is 13.8. The van der Waals surface area contributed by atoms with Crippen LogP contribution in [-0.2, 0) is 6.42 Å². The van der Waals surface area contributed by atoms with Crippen LogP contribution in [0.15, 0.2) is 35.2 Å². The summed E-state index contributed by atoms with van der Waals surface area (Å²) in [6, 6.07) is 9.12. The van der Waals surface area contributed by atoms with E-state index < -0.39 is 5.91 Å². The molecule has 0 unspecified atom stereocenters. The number of nitrogens with one attached hydrogen (secondary N) is 1. The van der Waals surface area contributed by atoms with Crippen LogP contribution in [0, 0.1) is 0 Å². The quantitative estimate of drug-likeness (QED) is 0.644. The number of nitrogens with two attached hydrogens (primary N) is 1. The molecule has 2 aromatic carbocycles. The number of aryl methyl sites for hydroxylation is 1. The van der Waals surface area contributed by atoms with Crippen molar-refractivity contribution in [2.24, 2.45) is 5.73 Å². The van der Waals surface area contributed by atoms with E-state index in [4.69, 9.17) is 10.5 Å². The van der Waals surface area contributed by atoms with Gasteiger partial charge in [-0.15, -0.1) is 12.6 Å². The lowest BCUT2D eigenvalue weighted by Crippen LogP contribution is -2.10. The Kier molecular flexibility index (Phi) is 4.00. The summed E-state index contributed by atoms with van der Waals surface area (Å²) in [5, 5.41) is 0. The van der Waals surface area contributed by atoms with Gasteiger partial charge >= 0.3 is 0 Å². The average molecular weight is 327 g/mol. The fourth-order valence-electron chi connectivity index (χ4n) is 2.58. The van der Waals surface area contributed by atoms with Crippen LogP contribution in [0.4, 0.5) is 0 Å². The molecule has 3 aromatic rings. The number of ether oxygens (including phenoxy) is 1. The van der Waals surface area contributed by atoms with Gasteiger partial charge in [0, 0.05) is 5.56 Å². The van der Waals surface area contributed by atoms with E-state index in [1.54, 1.807) is 25.3 Å². The summed E-state index contributed by atoms with van der Waals surface area (Å²) in [7, 11) is 1.62. The molecular formula is C17H17N3O2S. The van der Waals surface area contributed by atoms with E-state index in [2.05, 4.69) is 29.5 Å². The number of amides is 1. The molecule has 1 amide bonds. The summed E-state index contributed by atoms with van der Waals surface area (Å²) in [5.41, 5.74) is 9.19. The summed E-state index contributed by atoms with van der Waals surface area (Å²) in [5.74, 6) is 0.872. The molecule has 0 bridgehead atoms. The standard InChI is InChI=1S/C17H17N3O2S/c1-3-9-4-6-11(14(22-2)15(9)23)17-19-12-7-5-10(16(18)21)8-13(12)20-17/h4-8,23H,3H2,1-2H3,(H2,18,21)(H,19,20). The Morgan fingerprint density at radius 2 is 2.13 bits per heavy atom. The molecule has 0 fully saturated rings. The minimum absolute atomic E-state index is 0.429. The second kappa shape index (κ2) is 5.96. The first-order valence-corrected chi connectivity index (χ1v) is 7.68. The number of benzene rings is 2. The van der Waals surface area contributed by atoms with Crippen LogP contribution in [0.5, 0.6) is 5.75 Å². The van der Waals surface area contributed by atoms with E-state index in [1.165, 1.54) is 0 Å². The first-order valence-electron chi connectivity index (χ1n) is 7.24. The van der Waals surface area contributed by atoms with Gasteiger partial charge in [0.2, 0.25) is 5.91 Å². The second-order valence-electron chi connectivity index (χ2n) is 5.19. The van der Waals surface area contributed by atoms with Crippen molar-refractivity contribution in [1.82, 2.24) is 9.97 Å². The summed E-state index contributed by atoms with van der Waals surface area (Å²) in [6.45, 7) is 2.07. The van der Waals surface area contributed by atoms with Crippen molar-refractivity contribution in [3.8, 4) is 17.1 Å². The van der Waals surface area contributed by atoms with Crippen molar-refractivity contribution in [3.05, 3.63) is 41.5 Å². The van der Waals surface area contributed by atoms with Gasteiger partial charge in [-0.3, -0.25) is 4.79 Å². The number of hydrogen-bond donors (Lipinski definition) is 3. The van der Waals surface area contributed by atoms with E-state index in [9.17, 15) is 4.79 Å². The summed E-state index contributed by atoms with van der Waals surface area (Å²) >= 11 is 4.57. The maximum absolute atomic E-state index is 11.3. The molecule has 1 heterocycles. The largest absolute Gasteiger partial charge is 0.495 e. The number of fused-ring (bicyclic) bond motifs is 1. The molecule has 23 heavy (non-hydrogen) atoms. The van der Waals surface area contributed by atoms with Crippen LogP contribution in [0.2, 0.25) is 0 Å². The molecule has 0 aliphatic rings. The number of hydrogen-bond acceptors (Lipinski definition) is 4. The third kappa shape index (κ3) is 2.66. The number of primary amides is 1. The monoisotopic (exact) mass is 327 g/mol. The number of carbonyl (C=O) groups excluding carboxylic acids is 1. The predicted octanol–water partition coefficient (Wildman–Crippen LogP) is 3.19. The van der Waals surface area contributed by atoms with Gasteiger partial charge in [-0.25, -0.2) is 4.98 Å². The Morgan fingerprint density at radius 3 is 2.78 bits per heavy atom. The Balaban J connectivity index is 2.17. The van der Waals surface area contributed by atoms with Gasteiger partial charge < -0.3 is 15.5 Å². The Bertz CT molecular complexity index is 902.